The number of methoxy groups -OCH3 is 2. The number of nitrogens with zero attached hydrogens (tertiary/aromatic N) is 2. The number of amides is 1. The Labute approximate surface area is 226 Å². The Bertz CT molecular complexity index is 1170. The molecule has 0 N–H and O–H groups in total. The van der Waals surface area contributed by atoms with Crippen molar-refractivity contribution in [2.45, 2.75) is 32.1 Å². The molecular formula is C30H39ClN2O4. The minimum atomic E-state index is 0. The van der Waals surface area contributed by atoms with Crippen molar-refractivity contribution >= 4 is 29.1 Å². The third-order valence-electron chi connectivity index (χ3n) is 6.94. The van der Waals surface area contributed by atoms with E-state index in [1.165, 1.54) is 16.3 Å². The van der Waals surface area contributed by atoms with Gasteiger partial charge in [-0.25, -0.2) is 0 Å². The predicted octanol–water partition coefficient (Wildman–Crippen LogP) is 5.39. The van der Waals surface area contributed by atoms with Crippen LogP contribution in [0.3, 0.4) is 0 Å². The van der Waals surface area contributed by atoms with Crippen LogP contribution in [0.2, 0.25) is 0 Å². The van der Waals surface area contributed by atoms with Gasteiger partial charge in [-0.05, 0) is 92.0 Å². The summed E-state index contributed by atoms with van der Waals surface area (Å²) in [4.78, 5) is 17.2. The average Bonchev–Trinajstić information content (AvgIpc) is 3.05. The third-order valence-corrected chi connectivity index (χ3v) is 6.94. The van der Waals surface area contributed by atoms with Crippen LogP contribution in [-0.2, 0) is 17.6 Å². The van der Waals surface area contributed by atoms with Gasteiger partial charge in [0.1, 0.15) is 5.75 Å². The molecule has 0 aromatic heterocycles. The first-order valence-electron chi connectivity index (χ1n) is 12.9. The molecular weight excluding hydrogens is 488 g/mol. The summed E-state index contributed by atoms with van der Waals surface area (Å²) in [5.41, 5.74) is 2.22. The number of carbonyl (C=O) groups excluding carboxylic acids is 1. The second-order valence-corrected chi connectivity index (χ2v) is 9.50. The molecule has 1 aliphatic heterocycles. The van der Waals surface area contributed by atoms with Gasteiger partial charge in [0, 0.05) is 13.1 Å². The van der Waals surface area contributed by atoms with Crippen LogP contribution in [0.5, 0.6) is 17.2 Å². The molecule has 1 heterocycles. The molecule has 0 radical (unpaired) electrons. The molecule has 1 amide bonds. The number of unbranched alkanes of at least 4 members (excludes halogenated alkanes) is 1. The second-order valence-electron chi connectivity index (χ2n) is 9.50. The van der Waals surface area contributed by atoms with Gasteiger partial charge in [-0.3, -0.25) is 4.79 Å². The lowest BCUT2D eigenvalue weighted by atomic mass is 10.0. The molecule has 4 rings (SSSR count). The summed E-state index contributed by atoms with van der Waals surface area (Å²) in [7, 11) is 5.43. The van der Waals surface area contributed by atoms with E-state index in [9.17, 15) is 4.79 Å². The Hall–Kier alpha value is -2.96. The highest BCUT2D eigenvalue weighted by Gasteiger charge is 2.22. The third kappa shape index (κ3) is 7.76. The molecule has 0 aliphatic carbocycles. The molecule has 3 aromatic rings. The molecule has 0 saturated heterocycles. The number of ether oxygens (including phenoxy) is 3. The summed E-state index contributed by atoms with van der Waals surface area (Å²) in [6.45, 7) is 4.27. The topological polar surface area (TPSA) is 51.2 Å². The fourth-order valence-corrected chi connectivity index (χ4v) is 4.83. The lowest BCUT2D eigenvalue weighted by molar-refractivity contribution is -0.130. The van der Waals surface area contributed by atoms with E-state index in [2.05, 4.69) is 48.3 Å². The minimum absolute atomic E-state index is 0. The average molecular weight is 527 g/mol. The summed E-state index contributed by atoms with van der Waals surface area (Å²) in [5, 5.41) is 2.44. The van der Waals surface area contributed by atoms with Crippen LogP contribution >= 0.6 is 12.4 Å². The standard InChI is InChI=1S/C30H38N2O4.ClH/c1-31(14-6-7-18-36-27-12-11-23-9-4-5-10-24(23)19-27)15-8-16-32-17-13-25-20-28(34-2)29(35-3)21-26(25)22-30(32)33;/h4-5,9-12,19-21H,6-8,13-18,22H2,1-3H3;1H. The Morgan fingerprint density at radius 1 is 0.865 bits per heavy atom. The quantitative estimate of drug-likeness (QED) is 0.296. The number of hydrogen-bond acceptors (Lipinski definition) is 5. The number of rotatable bonds is 12. The Balaban J connectivity index is 0.00000380. The van der Waals surface area contributed by atoms with Gasteiger partial charge < -0.3 is 24.0 Å². The molecule has 0 spiro atoms. The van der Waals surface area contributed by atoms with Crippen LogP contribution in [0.15, 0.2) is 54.6 Å². The lowest BCUT2D eigenvalue weighted by Crippen LogP contribution is -2.35. The van der Waals surface area contributed by atoms with Crippen molar-refractivity contribution in [2.75, 3.05) is 54.1 Å². The molecule has 37 heavy (non-hydrogen) atoms. The van der Waals surface area contributed by atoms with Gasteiger partial charge in [0.25, 0.3) is 0 Å². The molecule has 0 unspecified atom stereocenters. The monoisotopic (exact) mass is 526 g/mol. The molecule has 0 atom stereocenters. The molecule has 200 valence electrons. The molecule has 3 aromatic carbocycles. The van der Waals surface area contributed by atoms with Crippen LogP contribution < -0.4 is 14.2 Å². The predicted molar refractivity (Wildman–Crippen MR) is 152 cm³/mol. The minimum Gasteiger partial charge on any atom is -0.494 e. The fraction of sp³-hybridized carbons (Fsp3) is 0.433. The van der Waals surface area contributed by atoms with Crippen molar-refractivity contribution in [3.05, 3.63) is 65.7 Å². The zero-order valence-electron chi connectivity index (χ0n) is 22.2. The van der Waals surface area contributed by atoms with Crippen LogP contribution in [0.1, 0.15) is 30.4 Å². The number of fused-ring (bicyclic) bond motifs is 2. The van der Waals surface area contributed by atoms with Crippen molar-refractivity contribution in [2.24, 2.45) is 0 Å². The van der Waals surface area contributed by atoms with Gasteiger partial charge in [0.05, 0.1) is 27.2 Å². The SMILES string of the molecule is COc1cc2c(cc1OC)CC(=O)N(CCCN(C)CCCCOc1ccc3ccccc3c1)CC2.Cl. The van der Waals surface area contributed by atoms with Crippen LogP contribution in [-0.4, -0.2) is 69.8 Å². The molecule has 0 fully saturated rings. The van der Waals surface area contributed by atoms with E-state index in [4.69, 9.17) is 14.2 Å². The highest BCUT2D eigenvalue weighted by atomic mass is 35.5. The van der Waals surface area contributed by atoms with Gasteiger partial charge >= 0.3 is 0 Å². The van der Waals surface area contributed by atoms with Crippen molar-refractivity contribution in [3.63, 3.8) is 0 Å². The highest BCUT2D eigenvalue weighted by molar-refractivity contribution is 5.85. The van der Waals surface area contributed by atoms with Crippen molar-refractivity contribution in [1.29, 1.82) is 0 Å². The zero-order chi connectivity index (χ0) is 25.3. The van der Waals surface area contributed by atoms with Gasteiger partial charge in [-0.1, -0.05) is 30.3 Å². The number of halogens is 1. The maximum Gasteiger partial charge on any atom is 0.227 e. The number of benzene rings is 3. The maximum absolute atomic E-state index is 12.9. The van der Waals surface area contributed by atoms with E-state index in [0.717, 1.165) is 75.5 Å². The summed E-state index contributed by atoms with van der Waals surface area (Å²) >= 11 is 0. The van der Waals surface area contributed by atoms with Crippen molar-refractivity contribution in [1.82, 2.24) is 9.80 Å². The highest BCUT2D eigenvalue weighted by Crippen LogP contribution is 2.32. The number of carbonyl (C=O) groups is 1. The fourth-order valence-electron chi connectivity index (χ4n) is 4.83. The van der Waals surface area contributed by atoms with Crippen LogP contribution in [0, 0.1) is 0 Å². The first-order chi connectivity index (χ1) is 17.6. The summed E-state index contributed by atoms with van der Waals surface area (Å²) in [5.74, 6) is 2.53. The first-order valence-corrected chi connectivity index (χ1v) is 12.9. The van der Waals surface area contributed by atoms with Crippen molar-refractivity contribution in [3.8, 4) is 17.2 Å². The largest absolute Gasteiger partial charge is 0.494 e. The molecule has 6 nitrogen and oxygen atoms in total. The van der Waals surface area contributed by atoms with Gasteiger partial charge in [-0.2, -0.15) is 0 Å². The van der Waals surface area contributed by atoms with E-state index in [1.54, 1.807) is 14.2 Å². The van der Waals surface area contributed by atoms with Gasteiger partial charge in [0.2, 0.25) is 5.91 Å². The lowest BCUT2D eigenvalue weighted by Gasteiger charge is -2.22. The molecule has 1 aliphatic rings. The summed E-state index contributed by atoms with van der Waals surface area (Å²) in [6, 6.07) is 18.6. The zero-order valence-corrected chi connectivity index (χ0v) is 23.0. The molecule has 7 heteroatoms. The van der Waals surface area contributed by atoms with Crippen LogP contribution in [0.4, 0.5) is 0 Å². The summed E-state index contributed by atoms with van der Waals surface area (Å²) in [6.07, 6.45) is 4.34. The van der Waals surface area contributed by atoms with E-state index < -0.39 is 0 Å². The maximum atomic E-state index is 12.9. The second kappa shape index (κ2) is 14.1. The summed E-state index contributed by atoms with van der Waals surface area (Å²) < 4.78 is 16.8. The van der Waals surface area contributed by atoms with E-state index in [0.29, 0.717) is 12.2 Å². The normalized spacial score (nSPS) is 13.2. The van der Waals surface area contributed by atoms with E-state index in [1.807, 2.05) is 23.1 Å². The Kier molecular flexibility index (Phi) is 10.9. The van der Waals surface area contributed by atoms with Gasteiger partial charge in [-0.15, -0.1) is 12.4 Å². The smallest absolute Gasteiger partial charge is 0.227 e. The van der Waals surface area contributed by atoms with Crippen molar-refractivity contribution < 1.29 is 19.0 Å². The van der Waals surface area contributed by atoms with Gasteiger partial charge in [0.15, 0.2) is 11.5 Å². The Morgan fingerprint density at radius 3 is 2.32 bits per heavy atom. The molecule has 0 saturated carbocycles. The Morgan fingerprint density at radius 2 is 1.57 bits per heavy atom. The molecule has 0 bridgehead atoms. The van der Waals surface area contributed by atoms with E-state index in [-0.39, 0.29) is 18.3 Å². The first kappa shape index (κ1) is 28.6. The number of hydrogen-bond donors (Lipinski definition) is 0. The van der Waals surface area contributed by atoms with Crippen LogP contribution in [0.25, 0.3) is 10.8 Å². The van der Waals surface area contributed by atoms with E-state index >= 15 is 0 Å².